The van der Waals surface area contributed by atoms with Gasteiger partial charge in [0.2, 0.25) is 0 Å². The number of carboxylic acids is 1. The number of hydrogen-bond donors (Lipinski definition) is 3. The molecule has 1 heterocycles. The van der Waals surface area contributed by atoms with Crippen LogP contribution in [-0.4, -0.2) is 51.1 Å². The molecule has 0 fully saturated rings. The topological polar surface area (TPSA) is 135 Å². The number of aromatic nitrogens is 1. The van der Waals surface area contributed by atoms with E-state index in [-0.39, 0.29) is 13.0 Å². The van der Waals surface area contributed by atoms with Gasteiger partial charge in [-0.25, -0.2) is 9.59 Å². The fourth-order valence-electron chi connectivity index (χ4n) is 3.19. The summed E-state index contributed by atoms with van der Waals surface area (Å²) in [5.74, 6) is -1.56. The zero-order valence-corrected chi connectivity index (χ0v) is 20.0. The summed E-state index contributed by atoms with van der Waals surface area (Å²) in [6, 6.07) is 11.1. The standard InChI is InChI=1S/C25H34N4O5/c1-25(2,3)34-24(33)29(17-20-8-4-6-14-27-20)15-7-5-9-21(23(31)32)28-22(30)19-12-10-18(16-26)11-13-19/h4,6,8,10-14,21H,5,7,9,15-17,26H2,1-3H3,(H,28,30)(H,31,32)/t21-/m0/s1. The molecule has 34 heavy (non-hydrogen) atoms. The van der Waals surface area contributed by atoms with Crippen LogP contribution in [-0.2, 0) is 22.6 Å². The summed E-state index contributed by atoms with van der Waals surface area (Å²) in [5.41, 5.74) is 6.90. The van der Waals surface area contributed by atoms with Gasteiger partial charge in [0.1, 0.15) is 11.6 Å². The molecule has 184 valence electrons. The van der Waals surface area contributed by atoms with E-state index in [0.717, 1.165) is 11.3 Å². The van der Waals surface area contributed by atoms with E-state index in [0.29, 0.717) is 31.5 Å². The van der Waals surface area contributed by atoms with Gasteiger partial charge in [-0.15, -0.1) is 0 Å². The molecule has 0 bridgehead atoms. The molecule has 0 aliphatic rings. The first-order valence-corrected chi connectivity index (χ1v) is 11.3. The number of carboxylic acid groups (broad SMARTS) is 1. The molecule has 0 aliphatic heterocycles. The average Bonchev–Trinajstić information content (AvgIpc) is 2.79. The summed E-state index contributed by atoms with van der Waals surface area (Å²) in [4.78, 5) is 42.6. The molecule has 0 radical (unpaired) electrons. The Kier molecular flexibility index (Phi) is 10.0. The second-order valence-electron chi connectivity index (χ2n) is 8.98. The number of amides is 2. The minimum absolute atomic E-state index is 0.230. The van der Waals surface area contributed by atoms with Crippen LogP contribution in [0.15, 0.2) is 48.7 Å². The van der Waals surface area contributed by atoms with E-state index in [1.165, 1.54) is 0 Å². The van der Waals surface area contributed by atoms with Crippen molar-refractivity contribution >= 4 is 18.0 Å². The number of nitrogens with one attached hydrogen (secondary N) is 1. The Balaban J connectivity index is 1.93. The Labute approximate surface area is 200 Å². The van der Waals surface area contributed by atoms with Crippen molar-refractivity contribution in [2.24, 2.45) is 5.73 Å². The third kappa shape index (κ3) is 9.19. The first-order valence-electron chi connectivity index (χ1n) is 11.3. The summed E-state index contributed by atoms with van der Waals surface area (Å²) < 4.78 is 5.51. The van der Waals surface area contributed by atoms with Gasteiger partial charge in [-0.3, -0.25) is 9.78 Å². The van der Waals surface area contributed by atoms with Crippen molar-refractivity contribution in [3.05, 3.63) is 65.5 Å². The molecule has 1 aromatic heterocycles. The highest BCUT2D eigenvalue weighted by molar-refractivity contribution is 5.96. The Bertz CT molecular complexity index is 942. The number of carbonyl (C=O) groups is 3. The SMILES string of the molecule is CC(C)(C)OC(=O)N(CCCC[C@H](NC(=O)c1ccc(CN)cc1)C(=O)O)Cc1ccccn1. The molecular formula is C25H34N4O5. The van der Waals surface area contributed by atoms with Crippen LogP contribution in [0, 0.1) is 0 Å². The highest BCUT2D eigenvalue weighted by Crippen LogP contribution is 2.14. The lowest BCUT2D eigenvalue weighted by molar-refractivity contribution is -0.139. The van der Waals surface area contributed by atoms with E-state index in [1.54, 1.807) is 62.2 Å². The fraction of sp³-hybridized carbons (Fsp3) is 0.440. The molecule has 9 nitrogen and oxygen atoms in total. The van der Waals surface area contributed by atoms with Crippen LogP contribution in [0.1, 0.15) is 61.6 Å². The number of nitrogens with zero attached hydrogens (tertiary/aromatic N) is 2. The van der Waals surface area contributed by atoms with Crippen LogP contribution in [0.4, 0.5) is 4.79 Å². The normalized spacial score (nSPS) is 12.0. The van der Waals surface area contributed by atoms with Gasteiger partial charge < -0.3 is 25.8 Å². The second-order valence-corrected chi connectivity index (χ2v) is 8.98. The van der Waals surface area contributed by atoms with E-state index < -0.39 is 29.6 Å². The summed E-state index contributed by atoms with van der Waals surface area (Å²) in [5, 5.41) is 12.1. The largest absolute Gasteiger partial charge is 0.480 e. The number of nitrogens with two attached hydrogens (primary N) is 1. The van der Waals surface area contributed by atoms with Crippen LogP contribution in [0.2, 0.25) is 0 Å². The van der Waals surface area contributed by atoms with Crippen molar-refractivity contribution in [3.63, 3.8) is 0 Å². The minimum atomic E-state index is -1.11. The minimum Gasteiger partial charge on any atom is -0.480 e. The zero-order valence-electron chi connectivity index (χ0n) is 20.0. The lowest BCUT2D eigenvalue weighted by Crippen LogP contribution is -2.41. The Hall–Kier alpha value is -3.46. The van der Waals surface area contributed by atoms with Crippen molar-refractivity contribution in [1.82, 2.24) is 15.2 Å². The molecule has 1 atom stereocenters. The summed E-state index contributed by atoms with van der Waals surface area (Å²) in [6.45, 7) is 6.41. The molecule has 0 saturated carbocycles. The van der Waals surface area contributed by atoms with Crippen molar-refractivity contribution in [1.29, 1.82) is 0 Å². The smallest absolute Gasteiger partial charge is 0.410 e. The fourth-order valence-corrected chi connectivity index (χ4v) is 3.19. The lowest BCUT2D eigenvalue weighted by atomic mass is 10.1. The van der Waals surface area contributed by atoms with Crippen molar-refractivity contribution < 1.29 is 24.2 Å². The second kappa shape index (κ2) is 12.7. The summed E-state index contributed by atoms with van der Waals surface area (Å²) in [7, 11) is 0. The maximum atomic E-state index is 12.7. The monoisotopic (exact) mass is 470 g/mol. The van der Waals surface area contributed by atoms with Crippen molar-refractivity contribution in [2.45, 2.75) is 64.8 Å². The maximum absolute atomic E-state index is 12.7. The van der Waals surface area contributed by atoms with Crippen LogP contribution < -0.4 is 11.1 Å². The molecule has 4 N–H and O–H groups in total. The van der Waals surface area contributed by atoms with E-state index in [1.807, 2.05) is 12.1 Å². The first-order chi connectivity index (χ1) is 16.1. The number of benzene rings is 1. The van der Waals surface area contributed by atoms with Crippen molar-refractivity contribution in [3.8, 4) is 0 Å². The van der Waals surface area contributed by atoms with Gasteiger partial charge in [-0.2, -0.15) is 0 Å². The first kappa shape index (κ1) is 26.8. The number of unbranched alkanes of at least 4 members (excludes halogenated alkanes) is 1. The summed E-state index contributed by atoms with van der Waals surface area (Å²) in [6.07, 6.45) is 2.46. The molecule has 0 unspecified atom stereocenters. The molecule has 0 spiro atoms. The Morgan fingerprint density at radius 2 is 1.82 bits per heavy atom. The van der Waals surface area contributed by atoms with Gasteiger partial charge in [0.15, 0.2) is 0 Å². The molecule has 1 aromatic carbocycles. The van der Waals surface area contributed by atoms with E-state index in [4.69, 9.17) is 10.5 Å². The molecule has 0 saturated heterocycles. The van der Waals surface area contributed by atoms with E-state index in [9.17, 15) is 19.5 Å². The van der Waals surface area contributed by atoms with E-state index >= 15 is 0 Å². The van der Waals surface area contributed by atoms with Crippen LogP contribution >= 0.6 is 0 Å². The number of carbonyl (C=O) groups excluding carboxylic acids is 2. The molecule has 9 heteroatoms. The number of pyridine rings is 1. The van der Waals surface area contributed by atoms with Crippen LogP contribution in [0.3, 0.4) is 0 Å². The van der Waals surface area contributed by atoms with Gasteiger partial charge in [-0.05, 0) is 69.9 Å². The van der Waals surface area contributed by atoms with Gasteiger partial charge in [0.05, 0.1) is 12.2 Å². The van der Waals surface area contributed by atoms with Gasteiger partial charge in [0, 0.05) is 24.8 Å². The number of aliphatic carboxylic acids is 1. The quantitative estimate of drug-likeness (QED) is 0.429. The predicted octanol–water partition coefficient (Wildman–Crippen LogP) is 3.33. The average molecular weight is 471 g/mol. The molecule has 2 aromatic rings. The van der Waals surface area contributed by atoms with Gasteiger partial charge >= 0.3 is 12.1 Å². The highest BCUT2D eigenvalue weighted by atomic mass is 16.6. The summed E-state index contributed by atoms with van der Waals surface area (Å²) >= 11 is 0. The third-order valence-corrected chi connectivity index (χ3v) is 4.96. The Morgan fingerprint density at radius 3 is 2.38 bits per heavy atom. The highest BCUT2D eigenvalue weighted by Gasteiger charge is 2.24. The number of rotatable bonds is 11. The third-order valence-electron chi connectivity index (χ3n) is 4.96. The van der Waals surface area contributed by atoms with Crippen molar-refractivity contribution in [2.75, 3.05) is 6.54 Å². The molecule has 2 rings (SSSR count). The van der Waals surface area contributed by atoms with Crippen LogP contribution in [0.5, 0.6) is 0 Å². The Morgan fingerprint density at radius 1 is 1.12 bits per heavy atom. The van der Waals surface area contributed by atoms with Gasteiger partial charge in [0.25, 0.3) is 5.91 Å². The van der Waals surface area contributed by atoms with Gasteiger partial charge in [-0.1, -0.05) is 18.2 Å². The maximum Gasteiger partial charge on any atom is 0.410 e. The number of ether oxygens (including phenoxy) is 1. The molecule has 0 aliphatic carbocycles. The van der Waals surface area contributed by atoms with E-state index in [2.05, 4.69) is 10.3 Å². The molecular weight excluding hydrogens is 436 g/mol. The zero-order chi connectivity index (χ0) is 25.1. The predicted molar refractivity (Wildman–Crippen MR) is 128 cm³/mol. The lowest BCUT2D eigenvalue weighted by Gasteiger charge is -2.27. The number of hydrogen-bond acceptors (Lipinski definition) is 6. The molecule has 2 amide bonds. The van der Waals surface area contributed by atoms with Crippen LogP contribution in [0.25, 0.3) is 0 Å².